The van der Waals surface area contributed by atoms with E-state index in [2.05, 4.69) is 0 Å². The second-order valence-electron chi connectivity index (χ2n) is 8.18. The molecular formula is C28H21ClO8. The molecule has 1 aliphatic rings. The summed E-state index contributed by atoms with van der Waals surface area (Å²) in [5, 5.41) is 1.21. The number of hydrogen-bond donors (Lipinski definition) is 0. The molecule has 0 amide bonds. The molecule has 0 saturated carbocycles. The van der Waals surface area contributed by atoms with Crippen molar-refractivity contribution in [1.29, 1.82) is 0 Å². The SMILES string of the molecule is COc1cc(OC)c(OC)cc1/C=C1\Oc2cc(OC(=O)c3cc4cc(Cl)ccc4o3)cc(C)c2C1=O. The fourth-order valence-electron chi connectivity index (χ4n) is 4.12. The van der Waals surface area contributed by atoms with Gasteiger partial charge in [-0.1, -0.05) is 11.6 Å². The van der Waals surface area contributed by atoms with Crippen LogP contribution >= 0.6 is 11.6 Å². The lowest BCUT2D eigenvalue weighted by molar-refractivity contribution is 0.0703. The molecule has 1 aromatic heterocycles. The average molecular weight is 521 g/mol. The van der Waals surface area contributed by atoms with Gasteiger partial charge in [-0.2, -0.15) is 0 Å². The number of methoxy groups -OCH3 is 3. The second kappa shape index (κ2) is 9.55. The lowest BCUT2D eigenvalue weighted by Gasteiger charge is -2.12. The quantitative estimate of drug-likeness (QED) is 0.167. The number of Topliss-reactive ketones (excluding diaryl/α,β-unsaturated/α-hetero) is 1. The van der Waals surface area contributed by atoms with Gasteiger partial charge in [-0.15, -0.1) is 0 Å². The summed E-state index contributed by atoms with van der Waals surface area (Å²) in [6.07, 6.45) is 1.56. The van der Waals surface area contributed by atoms with Crippen molar-refractivity contribution in [1.82, 2.24) is 0 Å². The number of rotatable bonds is 6. The van der Waals surface area contributed by atoms with E-state index in [0.29, 0.717) is 49.9 Å². The van der Waals surface area contributed by atoms with Gasteiger partial charge in [0.25, 0.3) is 0 Å². The normalized spacial score (nSPS) is 13.4. The summed E-state index contributed by atoms with van der Waals surface area (Å²) in [6, 6.07) is 13.0. The molecule has 2 heterocycles. The third kappa shape index (κ3) is 4.47. The molecule has 0 saturated heterocycles. The van der Waals surface area contributed by atoms with Crippen molar-refractivity contribution in [3.63, 3.8) is 0 Å². The first-order valence-corrected chi connectivity index (χ1v) is 11.5. The smallest absolute Gasteiger partial charge is 0.379 e. The molecule has 3 aromatic carbocycles. The maximum atomic E-state index is 13.2. The van der Waals surface area contributed by atoms with E-state index in [0.717, 1.165) is 0 Å². The molecule has 0 bridgehead atoms. The van der Waals surface area contributed by atoms with E-state index >= 15 is 0 Å². The third-order valence-electron chi connectivity index (χ3n) is 5.86. The number of esters is 1. The van der Waals surface area contributed by atoms with Gasteiger partial charge in [0.15, 0.2) is 17.3 Å². The number of allylic oxidation sites excluding steroid dienone is 1. The van der Waals surface area contributed by atoms with Crippen LogP contribution < -0.4 is 23.7 Å². The topological polar surface area (TPSA) is 93.4 Å². The Morgan fingerprint density at radius 3 is 2.38 bits per heavy atom. The highest BCUT2D eigenvalue weighted by atomic mass is 35.5. The second-order valence-corrected chi connectivity index (χ2v) is 8.62. The molecule has 37 heavy (non-hydrogen) atoms. The highest BCUT2D eigenvalue weighted by Crippen LogP contribution is 2.40. The largest absolute Gasteiger partial charge is 0.496 e. The molecule has 9 heteroatoms. The molecule has 0 spiro atoms. The first kappa shape index (κ1) is 24.3. The zero-order valence-electron chi connectivity index (χ0n) is 20.3. The summed E-state index contributed by atoms with van der Waals surface area (Å²) in [7, 11) is 4.55. The summed E-state index contributed by atoms with van der Waals surface area (Å²) in [6.45, 7) is 1.74. The summed E-state index contributed by atoms with van der Waals surface area (Å²) in [5.74, 6) is 1.01. The molecule has 0 radical (unpaired) electrons. The van der Waals surface area contributed by atoms with E-state index in [-0.39, 0.29) is 28.8 Å². The van der Waals surface area contributed by atoms with Crippen molar-refractivity contribution in [2.45, 2.75) is 6.92 Å². The van der Waals surface area contributed by atoms with Crippen molar-refractivity contribution in [3.05, 3.63) is 81.8 Å². The van der Waals surface area contributed by atoms with Gasteiger partial charge in [0.2, 0.25) is 11.5 Å². The van der Waals surface area contributed by atoms with Crippen LogP contribution in [0.5, 0.6) is 28.7 Å². The van der Waals surface area contributed by atoms with Crippen LogP contribution in [0, 0.1) is 6.92 Å². The molecule has 0 aliphatic carbocycles. The van der Waals surface area contributed by atoms with Crippen molar-refractivity contribution in [2.24, 2.45) is 0 Å². The number of benzene rings is 3. The van der Waals surface area contributed by atoms with Gasteiger partial charge in [0, 0.05) is 28.1 Å². The van der Waals surface area contributed by atoms with Crippen LogP contribution in [-0.2, 0) is 0 Å². The number of carbonyl (C=O) groups is 2. The fraction of sp³-hybridized carbons (Fsp3) is 0.143. The van der Waals surface area contributed by atoms with Gasteiger partial charge in [0.05, 0.1) is 26.9 Å². The van der Waals surface area contributed by atoms with E-state index in [1.165, 1.54) is 27.4 Å². The van der Waals surface area contributed by atoms with Gasteiger partial charge >= 0.3 is 5.97 Å². The van der Waals surface area contributed by atoms with Crippen LogP contribution in [-0.4, -0.2) is 33.1 Å². The Morgan fingerprint density at radius 1 is 0.919 bits per heavy atom. The number of ketones is 1. The highest BCUT2D eigenvalue weighted by molar-refractivity contribution is 6.31. The molecule has 0 atom stereocenters. The predicted octanol–water partition coefficient (Wildman–Crippen LogP) is 6.26. The molecular weight excluding hydrogens is 500 g/mol. The molecule has 0 N–H and O–H groups in total. The first-order valence-electron chi connectivity index (χ1n) is 11.1. The minimum atomic E-state index is -0.693. The summed E-state index contributed by atoms with van der Waals surface area (Å²) in [5.41, 5.74) is 2.04. The zero-order valence-corrected chi connectivity index (χ0v) is 21.1. The summed E-state index contributed by atoms with van der Waals surface area (Å²) in [4.78, 5) is 25.9. The minimum absolute atomic E-state index is 0.0218. The Kier molecular flexibility index (Phi) is 6.27. The first-order chi connectivity index (χ1) is 17.8. The molecule has 0 fully saturated rings. The standard InChI is InChI=1S/C28H21ClO8/c1-14-7-18(35-28(31)25-11-15-8-17(29)5-6-19(15)36-25)12-23-26(14)27(30)24(37-23)10-16-9-21(33-3)22(34-4)13-20(16)32-2/h5-13H,1-4H3/b24-10-. The van der Waals surface area contributed by atoms with Crippen LogP contribution in [0.2, 0.25) is 5.02 Å². The van der Waals surface area contributed by atoms with E-state index in [1.807, 2.05) is 0 Å². The van der Waals surface area contributed by atoms with Crippen LogP contribution in [0.3, 0.4) is 0 Å². The molecule has 4 aromatic rings. The predicted molar refractivity (Wildman–Crippen MR) is 136 cm³/mol. The van der Waals surface area contributed by atoms with Crippen LogP contribution in [0.25, 0.3) is 17.0 Å². The van der Waals surface area contributed by atoms with E-state index in [1.54, 1.807) is 55.5 Å². The lowest BCUT2D eigenvalue weighted by atomic mass is 10.0. The third-order valence-corrected chi connectivity index (χ3v) is 6.09. The van der Waals surface area contributed by atoms with Crippen LogP contribution in [0.1, 0.15) is 32.0 Å². The number of fused-ring (bicyclic) bond motifs is 2. The number of furan rings is 1. The van der Waals surface area contributed by atoms with E-state index in [9.17, 15) is 9.59 Å². The van der Waals surface area contributed by atoms with E-state index in [4.69, 9.17) is 39.7 Å². The van der Waals surface area contributed by atoms with Gasteiger partial charge in [-0.05, 0) is 55.0 Å². The Balaban J connectivity index is 1.43. The van der Waals surface area contributed by atoms with Crippen LogP contribution in [0.4, 0.5) is 0 Å². The van der Waals surface area contributed by atoms with Crippen molar-refractivity contribution in [2.75, 3.05) is 21.3 Å². The summed E-state index contributed by atoms with van der Waals surface area (Å²) >= 11 is 6.01. The van der Waals surface area contributed by atoms with Crippen LogP contribution in [0.15, 0.2) is 58.7 Å². The lowest BCUT2D eigenvalue weighted by Crippen LogP contribution is -2.07. The van der Waals surface area contributed by atoms with E-state index < -0.39 is 5.97 Å². The zero-order chi connectivity index (χ0) is 26.3. The number of halogens is 1. The average Bonchev–Trinajstić information content (AvgIpc) is 3.44. The molecule has 188 valence electrons. The summed E-state index contributed by atoms with van der Waals surface area (Å²) < 4.78 is 33.1. The molecule has 5 rings (SSSR count). The molecule has 0 unspecified atom stereocenters. The monoisotopic (exact) mass is 520 g/mol. The Bertz CT molecular complexity index is 1600. The number of carbonyl (C=O) groups excluding carboxylic acids is 2. The highest BCUT2D eigenvalue weighted by Gasteiger charge is 2.31. The van der Waals surface area contributed by atoms with Gasteiger partial charge in [-0.3, -0.25) is 4.79 Å². The fourth-order valence-corrected chi connectivity index (χ4v) is 4.30. The van der Waals surface area contributed by atoms with Gasteiger partial charge in [-0.25, -0.2) is 4.79 Å². The van der Waals surface area contributed by atoms with Gasteiger partial charge < -0.3 is 28.1 Å². The Morgan fingerprint density at radius 2 is 1.65 bits per heavy atom. The Hall–Kier alpha value is -4.43. The number of hydrogen-bond acceptors (Lipinski definition) is 8. The van der Waals surface area contributed by atoms with Gasteiger partial charge in [0.1, 0.15) is 22.8 Å². The maximum Gasteiger partial charge on any atom is 0.379 e. The number of ether oxygens (including phenoxy) is 5. The minimum Gasteiger partial charge on any atom is -0.496 e. The Labute approximate surface area is 216 Å². The molecule has 1 aliphatic heterocycles. The molecule has 8 nitrogen and oxygen atoms in total. The number of aryl methyl sites for hydroxylation is 1. The van der Waals surface area contributed by atoms with Crippen molar-refractivity contribution in [3.8, 4) is 28.7 Å². The maximum absolute atomic E-state index is 13.2. The van der Waals surface area contributed by atoms with Crippen molar-refractivity contribution < 1.29 is 37.7 Å². The van der Waals surface area contributed by atoms with Crippen molar-refractivity contribution >= 4 is 40.4 Å².